The summed E-state index contributed by atoms with van der Waals surface area (Å²) in [6, 6.07) is 7.39. The number of hydrogen-bond acceptors (Lipinski definition) is 14. The van der Waals surface area contributed by atoms with Crippen LogP contribution in [-0.4, -0.2) is 109 Å². The highest BCUT2D eigenvalue weighted by Gasteiger charge is 2.48. The second kappa shape index (κ2) is 11.2. The highest BCUT2D eigenvalue weighted by atomic mass is 16.5. The summed E-state index contributed by atoms with van der Waals surface area (Å²) >= 11 is 0. The Morgan fingerprint density at radius 3 is 2.15 bits per heavy atom. The van der Waals surface area contributed by atoms with Crippen molar-refractivity contribution in [3.05, 3.63) is 51.7 Å². The van der Waals surface area contributed by atoms with Gasteiger partial charge in [-0.2, -0.15) is 0 Å². The van der Waals surface area contributed by atoms with Crippen LogP contribution < -0.4 is 10.2 Å². The van der Waals surface area contributed by atoms with E-state index in [4.69, 9.17) is 18.6 Å². The van der Waals surface area contributed by atoms with E-state index in [1.54, 1.807) is 24.3 Å². The second-order valence-corrected chi connectivity index (χ2v) is 9.98. The maximum absolute atomic E-state index is 13.5. The molecule has 0 spiro atoms. The maximum atomic E-state index is 13.5. The third-order valence-electron chi connectivity index (χ3n) is 7.53. The van der Waals surface area contributed by atoms with E-state index in [-0.39, 0.29) is 5.76 Å². The van der Waals surface area contributed by atoms with Gasteiger partial charge in [-0.1, -0.05) is 0 Å². The van der Waals surface area contributed by atoms with Gasteiger partial charge in [0.2, 0.25) is 0 Å². The molecular formula is C27H30O14. The monoisotopic (exact) mass is 578 g/mol. The lowest BCUT2D eigenvalue weighted by Gasteiger charge is -2.41. The topological polar surface area (TPSA) is 240 Å². The van der Waals surface area contributed by atoms with Crippen LogP contribution in [0.3, 0.4) is 0 Å². The highest BCUT2D eigenvalue weighted by Crippen LogP contribution is 2.50. The lowest BCUT2D eigenvalue weighted by Crippen LogP contribution is -2.55. The fourth-order valence-electron chi connectivity index (χ4n) is 5.24. The van der Waals surface area contributed by atoms with Gasteiger partial charge in [-0.3, -0.25) is 4.79 Å². The first kappa shape index (κ1) is 29.2. The molecule has 9 atom stereocenters. The average molecular weight is 579 g/mol. The average Bonchev–Trinajstić information content (AvgIpc) is 2.96. The van der Waals surface area contributed by atoms with Crippen molar-refractivity contribution in [3.63, 3.8) is 0 Å². The van der Waals surface area contributed by atoms with Crippen molar-refractivity contribution in [2.45, 2.75) is 54.9 Å². The minimum Gasteiger partial charge on any atom is -0.507 e. The van der Waals surface area contributed by atoms with Crippen LogP contribution in [0, 0.1) is 0 Å². The molecule has 2 fully saturated rings. The Balaban J connectivity index is 1.80. The third kappa shape index (κ3) is 4.82. The largest absolute Gasteiger partial charge is 0.507 e. The van der Waals surface area contributed by atoms with E-state index >= 15 is 0 Å². The van der Waals surface area contributed by atoms with Gasteiger partial charge >= 0.3 is 0 Å². The molecule has 222 valence electrons. The van der Waals surface area contributed by atoms with E-state index in [0.29, 0.717) is 11.3 Å². The van der Waals surface area contributed by atoms with Crippen LogP contribution in [0.15, 0.2) is 39.5 Å². The van der Waals surface area contributed by atoms with Gasteiger partial charge in [0.05, 0.1) is 31.5 Å². The molecule has 3 aromatic rings. The number of methoxy groups -OCH3 is 1. The van der Waals surface area contributed by atoms with Gasteiger partial charge in [-0.25, -0.2) is 0 Å². The predicted octanol–water partition coefficient (Wildman–Crippen LogP) is -1.45. The number of hydrogen-bond donors (Lipinski definition) is 9. The summed E-state index contributed by atoms with van der Waals surface area (Å²) in [5.41, 5.74) is -1.98. The predicted molar refractivity (Wildman–Crippen MR) is 137 cm³/mol. The van der Waals surface area contributed by atoms with Crippen LogP contribution >= 0.6 is 0 Å². The molecule has 0 unspecified atom stereocenters. The van der Waals surface area contributed by atoms with Gasteiger partial charge in [0.15, 0.2) is 11.0 Å². The van der Waals surface area contributed by atoms with E-state index in [0.717, 1.165) is 6.07 Å². The minimum atomic E-state index is -1.95. The molecule has 0 radical (unpaired) electrons. The number of benzene rings is 2. The molecule has 14 nitrogen and oxygen atoms in total. The van der Waals surface area contributed by atoms with Crippen molar-refractivity contribution in [1.82, 2.24) is 0 Å². The van der Waals surface area contributed by atoms with Gasteiger partial charge < -0.3 is 64.6 Å². The normalized spacial score (nSPS) is 32.2. The van der Waals surface area contributed by atoms with Crippen LogP contribution in [0.5, 0.6) is 17.2 Å². The van der Waals surface area contributed by atoms with Crippen LogP contribution in [-0.2, 0) is 9.47 Å². The number of rotatable bonds is 5. The van der Waals surface area contributed by atoms with Crippen molar-refractivity contribution >= 4 is 11.0 Å². The molecule has 0 amide bonds. The number of phenolic OH excluding ortho intramolecular Hbond substituents is 2. The number of fused-ring (bicyclic) bond motifs is 1. The summed E-state index contributed by atoms with van der Waals surface area (Å²) in [4.78, 5) is 13.5. The molecule has 2 saturated heterocycles. The van der Waals surface area contributed by atoms with Crippen molar-refractivity contribution < 1.29 is 64.6 Å². The maximum Gasteiger partial charge on any atom is 0.197 e. The number of aliphatic hydroxyl groups is 7. The van der Waals surface area contributed by atoms with E-state index in [9.17, 15) is 50.8 Å². The number of aromatic hydroxyl groups is 2. The Kier molecular flexibility index (Phi) is 7.95. The first-order valence-corrected chi connectivity index (χ1v) is 12.7. The quantitative estimate of drug-likeness (QED) is 0.168. The van der Waals surface area contributed by atoms with Crippen molar-refractivity contribution in [3.8, 4) is 28.6 Å². The van der Waals surface area contributed by atoms with Crippen molar-refractivity contribution in [2.75, 3.05) is 20.3 Å². The molecule has 2 aliphatic rings. The van der Waals surface area contributed by atoms with Gasteiger partial charge in [-0.15, -0.1) is 0 Å². The Morgan fingerprint density at radius 2 is 1.51 bits per heavy atom. The number of aliphatic hydroxyl groups excluding tert-OH is 7. The van der Waals surface area contributed by atoms with Gasteiger partial charge in [-0.05, 0) is 24.3 Å². The van der Waals surface area contributed by atoms with E-state index < -0.39 is 107 Å². The summed E-state index contributed by atoms with van der Waals surface area (Å²) in [5, 5.41) is 94.3. The Morgan fingerprint density at radius 1 is 0.854 bits per heavy atom. The molecule has 3 heterocycles. The highest BCUT2D eigenvalue weighted by molar-refractivity contribution is 5.92. The third-order valence-corrected chi connectivity index (χ3v) is 7.53. The zero-order valence-electron chi connectivity index (χ0n) is 21.6. The Hall–Kier alpha value is -3.31. The number of phenols is 2. The van der Waals surface area contributed by atoms with Gasteiger partial charge in [0, 0.05) is 11.6 Å². The zero-order valence-corrected chi connectivity index (χ0v) is 21.6. The minimum absolute atomic E-state index is 0.0324. The summed E-state index contributed by atoms with van der Waals surface area (Å²) < 4.78 is 22.2. The van der Waals surface area contributed by atoms with Crippen molar-refractivity contribution in [1.29, 1.82) is 0 Å². The van der Waals surface area contributed by atoms with Crippen molar-refractivity contribution in [2.24, 2.45) is 0 Å². The van der Waals surface area contributed by atoms with Gasteiger partial charge in [0.25, 0.3) is 0 Å². The molecule has 0 aliphatic carbocycles. The van der Waals surface area contributed by atoms with Crippen LogP contribution in [0.4, 0.5) is 0 Å². The summed E-state index contributed by atoms with van der Waals surface area (Å²) in [6.07, 6.45) is -15.6. The van der Waals surface area contributed by atoms with Crippen LogP contribution in [0.2, 0.25) is 0 Å². The molecular weight excluding hydrogens is 548 g/mol. The Labute approximate surface area is 231 Å². The fraction of sp³-hybridized carbons (Fsp3) is 0.444. The molecule has 41 heavy (non-hydrogen) atoms. The summed E-state index contributed by atoms with van der Waals surface area (Å²) in [6.45, 7) is -1.32. The SMILES string of the molecule is COc1ccc(-c2cc(=O)c3c(O)c([C@@H]4OC[C@@H](O)[C@H](O)[C@H]4O)c(O)c([C@H]4O[C@@H](CO)[C@H](O)[C@@H](O)[C@@H]4O)c3o2)cc1. The molecule has 5 rings (SSSR count). The first-order chi connectivity index (χ1) is 19.5. The molecule has 2 aliphatic heterocycles. The summed E-state index contributed by atoms with van der Waals surface area (Å²) in [5.74, 6) is -1.30. The van der Waals surface area contributed by atoms with E-state index in [2.05, 4.69) is 0 Å². The molecule has 1 aromatic heterocycles. The second-order valence-electron chi connectivity index (χ2n) is 9.98. The lowest BCUT2D eigenvalue weighted by molar-refractivity contribution is -0.231. The molecule has 14 heteroatoms. The molecule has 0 bridgehead atoms. The fourth-order valence-corrected chi connectivity index (χ4v) is 5.24. The zero-order chi connectivity index (χ0) is 29.7. The molecule has 0 saturated carbocycles. The van der Waals surface area contributed by atoms with Crippen LogP contribution in [0.25, 0.3) is 22.3 Å². The molecule has 2 aromatic carbocycles. The smallest absolute Gasteiger partial charge is 0.197 e. The first-order valence-electron chi connectivity index (χ1n) is 12.7. The lowest BCUT2D eigenvalue weighted by atomic mass is 9.85. The van der Waals surface area contributed by atoms with Gasteiger partial charge in [0.1, 0.15) is 83.3 Å². The van der Waals surface area contributed by atoms with Crippen LogP contribution in [0.1, 0.15) is 23.3 Å². The number of ether oxygens (including phenoxy) is 3. The van der Waals surface area contributed by atoms with E-state index in [1.807, 2.05) is 0 Å². The molecule has 9 N–H and O–H groups in total. The standard InChI is InChI=1S/C27H30O14/c1-38-10-4-2-9(3-5-10)13-6-11(29)15-20(33)16(26-23(36)18(31)12(30)8-39-26)21(34)17(25(15)40-13)27-24(37)22(35)19(32)14(7-28)41-27/h2-6,12,14,18-19,22-24,26-28,30-37H,7-8H2,1H3/t12-,14+,18+,19+,22-,23-,24+,26+,27-/m1/s1. The summed E-state index contributed by atoms with van der Waals surface area (Å²) in [7, 11) is 1.47. The van der Waals surface area contributed by atoms with E-state index in [1.165, 1.54) is 7.11 Å². The Bertz CT molecular complexity index is 1470.